The van der Waals surface area contributed by atoms with Gasteiger partial charge in [-0.1, -0.05) is 35.5 Å². The van der Waals surface area contributed by atoms with Gasteiger partial charge in [0, 0.05) is 16.9 Å². The van der Waals surface area contributed by atoms with E-state index >= 15 is 0 Å². The van der Waals surface area contributed by atoms with E-state index in [0.717, 1.165) is 0 Å². The first-order chi connectivity index (χ1) is 11.2. The van der Waals surface area contributed by atoms with Gasteiger partial charge in [0.1, 0.15) is 12.1 Å². The first kappa shape index (κ1) is 15.5. The van der Waals surface area contributed by atoms with Crippen LogP contribution in [0.4, 0.5) is 5.69 Å². The van der Waals surface area contributed by atoms with E-state index in [1.165, 1.54) is 11.8 Å². The van der Waals surface area contributed by atoms with Crippen LogP contribution in [-0.4, -0.2) is 31.4 Å². The van der Waals surface area contributed by atoms with Crippen molar-refractivity contribution >= 4 is 35.0 Å². The maximum Gasteiger partial charge on any atom is 0.234 e. The zero-order chi connectivity index (χ0) is 16.1. The third kappa shape index (κ3) is 4.08. The summed E-state index contributed by atoms with van der Waals surface area (Å²) < 4.78 is 1.73. The topological polar surface area (TPSA) is 72.7 Å². The molecule has 0 radical (unpaired) electrons. The molecule has 0 aliphatic rings. The van der Waals surface area contributed by atoms with Crippen LogP contribution >= 0.6 is 23.4 Å². The number of pyridine rings is 1. The molecule has 1 amide bonds. The van der Waals surface area contributed by atoms with Crippen LogP contribution in [0.15, 0.2) is 60.1 Å². The summed E-state index contributed by atoms with van der Waals surface area (Å²) >= 11 is 7.17. The van der Waals surface area contributed by atoms with Gasteiger partial charge in [0.05, 0.1) is 5.75 Å². The molecule has 0 aliphatic heterocycles. The predicted molar refractivity (Wildman–Crippen MR) is 90.0 cm³/mol. The number of hydrogen-bond acceptors (Lipinski definition) is 5. The smallest absolute Gasteiger partial charge is 0.234 e. The largest absolute Gasteiger partial charge is 0.325 e. The summed E-state index contributed by atoms with van der Waals surface area (Å²) in [5, 5.41) is 11.9. The van der Waals surface area contributed by atoms with Crippen molar-refractivity contribution in [1.82, 2.24) is 19.7 Å². The zero-order valence-corrected chi connectivity index (χ0v) is 13.5. The van der Waals surface area contributed by atoms with Gasteiger partial charge < -0.3 is 5.32 Å². The highest BCUT2D eigenvalue weighted by Crippen LogP contribution is 2.19. The van der Waals surface area contributed by atoms with Gasteiger partial charge in [-0.3, -0.25) is 9.36 Å². The van der Waals surface area contributed by atoms with Crippen molar-refractivity contribution in [3.05, 3.63) is 60.0 Å². The van der Waals surface area contributed by atoms with Crippen LogP contribution in [0.25, 0.3) is 5.82 Å². The van der Waals surface area contributed by atoms with Gasteiger partial charge in [-0.25, -0.2) is 4.98 Å². The minimum absolute atomic E-state index is 0.146. The number of carbonyl (C=O) groups is 1. The highest BCUT2D eigenvalue weighted by Gasteiger charge is 2.11. The van der Waals surface area contributed by atoms with Crippen molar-refractivity contribution in [2.24, 2.45) is 0 Å². The number of nitrogens with zero attached hydrogens (tertiary/aromatic N) is 4. The molecule has 0 unspecified atom stereocenters. The lowest BCUT2D eigenvalue weighted by atomic mass is 10.3. The normalized spacial score (nSPS) is 10.5. The summed E-state index contributed by atoms with van der Waals surface area (Å²) in [7, 11) is 0. The lowest BCUT2D eigenvalue weighted by Gasteiger charge is -2.06. The summed E-state index contributed by atoms with van der Waals surface area (Å²) in [4.78, 5) is 16.3. The molecule has 0 spiro atoms. The minimum Gasteiger partial charge on any atom is -0.325 e. The molecule has 2 aromatic heterocycles. The monoisotopic (exact) mass is 345 g/mol. The molecule has 0 aliphatic carbocycles. The molecule has 0 atom stereocenters. The summed E-state index contributed by atoms with van der Waals surface area (Å²) in [6, 6.07) is 12.6. The highest BCUT2D eigenvalue weighted by molar-refractivity contribution is 7.99. The summed E-state index contributed by atoms with van der Waals surface area (Å²) in [5.41, 5.74) is 0.661. The van der Waals surface area contributed by atoms with Gasteiger partial charge in [0.15, 0.2) is 5.16 Å². The minimum atomic E-state index is -0.146. The standard InChI is InChI=1S/C15H12ClN5OS/c16-11-4-3-5-12(8-11)19-14(22)9-23-15-20-18-10-21(15)13-6-1-2-7-17-13/h1-8,10H,9H2,(H,19,22). The summed E-state index contributed by atoms with van der Waals surface area (Å²) in [6.07, 6.45) is 3.26. The number of anilines is 1. The molecule has 3 aromatic rings. The van der Waals surface area contributed by atoms with Gasteiger partial charge in [0.25, 0.3) is 0 Å². The Hall–Kier alpha value is -2.38. The molecule has 8 heteroatoms. The Balaban J connectivity index is 1.63. The van der Waals surface area contributed by atoms with Crippen molar-refractivity contribution in [3.63, 3.8) is 0 Å². The third-order valence-electron chi connectivity index (χ3n) is 2.85. The molecule has 23 heavy (non-hydrogen) atoms. The molecule has 2 heterocycles. The van der Waals surface area contributed by atoms with E-state index in [1.807, 2.05) is 18.2 Å². The Morgan fingerprint density at radius 1 is 1.26 bits per heavy atom. The quantitative estimate of drug-likeness (QED) is 0.719. The van der Waals surface area contributed by atoms with Crippen LogP contribution in [0.3, 0.4) is 0 Å². The molecule has 3 rings (SSSR count). The van der Waals surface area contributed by atoms with Crippen LogP contribution in [0.5, 0.6) is 0 Å². The summed E-state index contributed by atoms with van der Waals surface area (Å²) in [6.45, 7) is 0. The van der Waals surface area contributed by atoms with E-state index in [1.54, 1.807) is 41.4 Å². The average molecular weight is 346 g/mol. The number of nitrogens with one attached hydrogen (secondary N) is 1. The van der Waals surface area contributed by atoms with E-state index in [9.17, 15) is 4.79 Å². The second-order valence-electron chi connectivity index (χ2n) is 4.52. The van der Waals surface area contributed by atoms with E-state index in [4.69, 9.17) is 11.6 Å². The van der Waals surface area contributed by atoms with Gasteiger partial charge in [-0.05, 0) is 30.3 Å². The fraction of sp³-hybridized carbons (Fsp3) is 0.0667. The average Bonchev–Trinajstić information content (AvgIpc) is 3.02. The number of benzene rings is 1. The maximum atomic E-state index is 12.0. The second kappa shape index (κ2) is 7.26. The molecular weight excluding hydrogens is 334 g/mol. The van der Waals surface area contributed by atoms with Gasteiger partial charge in [0.2, 0.25) is 5.91 Å². The van der Waals surface area contributed by atoms with Crippen molar-refractivity contribution in [2.75, 3.05) is 11.1 Å². The Bertz CT molecular complexity index is 808. The molecule has 1 N–H and O–H groups in total. The number of carbonyl (C=O) groups excluding carboxylic acids is 1. The van der Waals surface area contributed by atoms with Crippen LogP contribution in [0.2, 0.25) is 5.02 Å². The van der Waals surface area contributed by atoms with Gasteiger partial charge >= 0.3 is 0 Å². The third-order valence-corrected chi connectivity index (χ3v) is 4.03. The maximum absolute atomic E-state index is 12.0. The number of halogens is 1. The lowest BCUT2D eigenvalue weighted by Crippen LogP contribution is -2.14. The van der Waals surface area contributed by atoms with E-state index in [-0.39, 0.29) is 11.7 Å². The Labute approximate surface area is 141 Å². The van der Waals surface area contributed by atoms with Gasteiger partial charge in [-0.15, -0.1) is 10.2 Å². The number of thioether (sulfide) groups is 1. The Morgan fingerprint density at radius 3 is 2.96 bits per heavy atom. The van der Waals surface area contributed by atoms with Crippen molar-refractivity contribution < 1.29 is 4.79 Å². The predicted octanol–water partition coefficient (Wildman–Crippen LogP) is 3.05. The lowest BCUT2D eigenvalue weighted by molar-refractivity contribution is -0.113. The number of hydrogen-bond donors (Lipinski definition) is 1. The molecule has 0 saturated carbocycles. The first-order valence-electron chi connectivity index (χ1n) is 6.72. The molecule has 116 valence electrons. The molecule has 1 aromatic carbocycles. The van der Waals surface area contributed by atoms with Gasteiger partial charge in [-0.2, -0.15) is 0 Å². The SMILES string of the molecule is O=C(CSc1nncn1-c1ccccn1)Nc1cccc(Cl)c1. The summed E-state index contributed by atoms with van der Waals surface area (Å²) in [5.74, 6) is 0.765. The van der Waals surface area contributed by atoms with Crippen LogP contribution in [0, 0.1) is 0 Å². The van der Waals surface area contributed by atoms with E-state index in [2.05, 4.69) is 20.5 Å². The van der Waals surface area contributed by atoms with Crippen molar-refractivity contribution in [1.29, 1.82) is 0 Å². The fourth-order valence-corrected chi connectivity index (χ4v) is 2.78. The number of amides is 1. The molecule has 0 bridgehead atoms. The van der Waals surface area contributed by atoms with Crippen LogP contribution in [0.1, 0.15) is 0 Å². The first-order valence-corrected chi connectivity index (χ1v) is 8.08. The van der Waals surface area contributed by atoms with Crippen LogP contribution in [-0.2, 0) is 4.79 Å². The molecule has 0 saturated heterocycles. The molecule has 6 nitrogen and oxygen atoms in total. The highest BCUT2D eigenvalue weighted by atomic mass is 35.5. The van der Waals surface area contributed by atoms with Crippen LogP contribution < -0.4 is 5.32 Å². The molecular formula is C15H12ClN5OS. The second-order valence-corrected chi connectivity index (χ2v) is 5.90. The number of aromatic nitrogens is 4. The number of rotatable bonds is 5. The zero-order valence-electron chi connectivity index (χ0n) is 11.9. The van der Waals surface area contributed by atoms with Crippen molar-refractivity contribution in [2.45, 2.75) is 5.16 Å². The van der Waals surface area contributed by atoms with E-state index in [0.29, 0.717) is 21.7 Å². The van der Waals surface area contributed by atoms with Crippen molar-refractivity contribution in [3.8, 4) is 5.82 Å². The Morgan fingerprint density at radius 2 is 2.17 bits per heavy atom. The van der Waals surface area contributed by atoms with E-state index < -0.39 is 0 Å². The molecule has 0 fully saturated rings. The Kier molecular flexibility index (Phi) is 4.89. The fourth-order valence-electron chi connectivity index (χ4n) is 1.87.